The highest BCUT2D eigenvalue weighted by Gasteiger charge is 1.80. The topological polar surface area (TPSA) is 0 Å². The van der Waals surface area contributed by atoms with Gasteiger partial charge in [0.15, 0.2) is 0 Å². The van der Waals surface area contributed by atoms with Crippen molar-refractivity contribution in [2.24, 2.45) is 0 Å². The van der Waals surface area contributed by atoms with Gasteiger partial charge in [0.1, 0.15) is 0 Å². The molecule has 0 amide bonds. The summed E-state index contributed by atoms with van der Waals surface area (Å²) in [5.74, 6) is 1.18. The van der Waals surface area contributed by atoms with Crippen molar-refractivity contribution in [3.63, 3.8) is 0 Å². The molecule has 2 heteroatoms. The maximum absolute atomic E-state index is 2.20. The lowest BCUT2D eigenvalue weighted by Gasteiger charge is -1.90. The zero-order valence-electron chi connectivity index (χ0n) is 5.60. The van der Waals surface area contributed by atoms with Gasteiger partial charge < -0.3 is 0 Å². The molecular formula is C6H12S2. The molecule has 0 N–H and O–H groups in total. The van der Waals surface area contributed by atoms with Crippen LogP contribution in [0.5, 0.6) is 0 Å². The Balaban J connectivity index is 3.26. The standard InChI is InChI=1S/C6H12S2/c1-4-8-5-6(2)7-3/h5H,4H2,1-3H3. The minimum absolute atomic E-state index is 1.18. The van der Waals surface area contributed by atoms with Crippen molar-refractivity contribution in [2.75, 3.05) is 12.0 Å². The Morgan fingerprint density at radius 1 is 1.62 bits per heavy atom. The van der Waals surface area contributed by atoms with Crippen molar-refractivity contribution in [1.82, 2.24) is 0 Å². The maximum Gasteiger partial charge on any atom is -0.00542 e. The van der Waals surface area contributed by atoms with Crippen LogP contribution in [0.2, 0.25) is 0 Å². The molecule has 0 aliphatic heterocycles. The van der Waals surface area contributed by atoms with Crippen molar-refractivity contribution in [2.45, 2.75) is 13.8 Å². The molecule has 48 valence electrons. The van der Waals surface area contributed by atoms with Crippen molar-refractivity contribution in [3.05, 3.63) is 10.3 Å². The first-order valence-corrected chi connectivity index (χ1v) is 4.91. The third-order valence-electron chi connectivity index (χ3n) is 0.738. The first kappa shape index (κ1) is 8.44. The average Bonchev–Trinajstić information content (AvgIpc) is 1.83. The van der Waals surface area contributed by atoms with E-state index in [2.05, 4.69) is 25.5 Å². The predicted molar refractivity (Wildman–Crippen MR) is 45.4 cm³/mol. The third kappa shape index (κ3) is 4.60. The molecule has 0 unspecified atom stereocenters. The molecule has 0 aromatic rings. The van der Waals surface area contributed by atoms with Gasteiger partial charge >= 0.3 is 0 Å². The van der Waals surface area contributed by atoms with Gasteiger partial charge in [-0.05, 0) is 29.2 Å². The van der Waals surface area contributed by atoms with Gasteiger partial charge in [-0.1, -0.05) is 6.92 Å². The largest absolute Gasteiger partial charge is 0.134 e. The monoisotopic (exact) mass is 148 g/mol. The van der Waals surface area contributed by atoms with Gasteiger partial charge in [0.25, 0.3) is 0 Å². The minimum atomic E-state index is 1.18. The van der Waals surface area contributed by atoms with Crippen LogP contribution in [0.25, 0.3) is 0 Å². The molecule has 0 nitrogen and oxygen atoms in total. The van der Waals surface area contributed by atoms with E-state index in [-0.39, 0.29) is 0 Å². The van der Waals surface area contributed by atoms with Gasteiger partial charge in [-0.25, -0.2) is 0 Å². The quantitative estimate of drug-likeness (QED) is 0.603. The summed E-state index contributed by atoms with van der Waals surface area (Å²) in [5, 5.41) is 2.20. The molecule has 0 rings (SSSR count). The molecule has 0 aliphatic rings. The predicted octanol–water partition coefficient (Wildman–Crippen LogP) is 2.96. The molecule has 0 bridgehead atoms. The number of thioether (sulfide) groups is 2. The van der Waals surface area contributed by atoms with Gasteiger partial charge in [-0.2, -0.15) is 0 Å². The van der Waals surface area contributed by atoms with Crippen LogP contribution < -0.4 is 0 Å². The lowest BCUT2D eigenvalue weighted by molar-refractivity contribution is 1.53. The fraction of sp³-hybridized carbons (Fsp3) is 0.667. The molecule has 0 saturated heterocycles. The lowest BCUT2D eigenvalue weighted by atomic mass is 10.8. The Bertz CT molecular complexity index is 76.6. The Morgan fingerprint density at radius 3 is 2.62 bits per heavy atom. The van der Waals surface area contributed by atoms with Crippen LogP contribution >= 0.6 is 23.5 Å². The fourth-order valence-electron chi connectivity index (χ4n) is 0.249. The van der Waals surface area contributed by atoms with E-state index in [9.17, 15) is 0 Å². The number of hydrogen-bond acceptors (Lipinski definition) is 2. The van der Waals surface area contributed by atoms with E-state index in [1.165, 1.54) is 10.7 Å². The van der Waals surface area contributed by atoms with E-state index in [1.54, 1.807) is 11.8 Å². The summed E-state index contributed by atoms with van der Waals surface area (Å²) in [7, 11) is 0. The summed E-state index contributed by atoms with van der Waals surface area (Å²) in [5.41, 5.74) is 0. The van der Waals surface area contributed by atoms with Gasteiger partial charge in [0.05, 0.1) is 0 Å². The minimum Gasteiger partial charge on any atom is -0.134 e. The van der Waals surface area contributed by atoms with E-state index in [0.29, 0.717) is 0 Å². The highest BCUT2D eigenvalue weighted by atomic mass is 32.2. The summed E-state index contributed by atoms with van der Waals surface area (Å²) in [4.78, 5) is 1.40. The maximum atomic E-state index is 2.20. The second kappa shape index (κ2) is 5.57. The zero-order valence-corrected chi connectivity index (χ0v) is 7.23. The van der Waals surface area contributed by atoms with E-state index in [1.807, 2.05) is 11.8 Å². The molecule has 0 atom stereocenters. The van der Waals surface area contributed by atoms with Gasteiger partial charge in [0, 0.05) is 0 Å². The van der Waals surface area contributed by atoms with Gasteiger partial charge in [-0.15, -0.1) is 23.5 Å². The first-order valence-electron chi connectivity index (χ1n) is 2.63. The molecular weight excluding hydrogens is 136 g/mol. The summed E-state index contributed by atoms with van der Waals surface area (Å²) >= 11 is 3.66. The third-order valence-corrected chi connectivity index (χ3v) is 2.50. The van der Waals surface area contributed by atoms with Crippen LogP contribution in [0.15, 0.2) is 10.3 Å². The van der Waals surface area contributed by atoms with Crippen LogP contribution in [0.4, 0.5) is 0 Å². The summed E-state index contributed by atoms with van der Waals surface area (Å²) in [6, 6.07) is 0. The normalized spacial score (nSPS) is 12.1. The summed E-state index contributed by atoms with van der Waals surface area (Å²) in [6.07, 6.45) is 2.10. The average molecular weight is 148 g/mol. The molecule has 0 heterocycles. The van der Waals surface area contributed by atoms with Crippen LogP contribution in [-0.2, 0) is 0 Å². The molecule has 0 fully saturated rings. The Kier molecular flexibility index (Phi) is 5.88. The molecule has 0 saturated carbocycles. The van der Waals surface area contributed by atoms with Crippen molar-refractivity contribution >= 4 is 23.5 Å². The fourth-order valence-corrected chi connectivity index (χ4v) is 1.24. The van der Waals surface area contributed by atoms with Crippen LogP contribution in [0, 0.1) is 0 Å². The van der Waals surface area contributed by atoms with Crippen LogP contribution in [-0.4, -0.2) is 12.0 Å². The Labute approximate surface area is 60.1 Å². The SMILES string of the molecule is CCSC=C(C)SC. The van der Waals surface area contributed by atoms with E-state index in [0.717, 1.165) is 0 Å². The van der Waals surface area contributed by atoms with Crippen LogP contribution in [0.1, 0.15) is 13.8 Å². The lowest BCUT2D eigenvalue weighted by Crippen LogP contribution is -1.62. The van der Waals surface area contributed by atoms with E-state index < -0.39 is 0 Å². The van der Waals surface area contributed by atoms with Crippen molar-refractivity contribution in [3.8, 4) is 0 Å². The molecule has 0 spiro atoms. The van der Waals surface area contributed by atoms with E-state index in [4.69, 9.17) is 0 Å². The second-order valence-electron chi connectivity index (χ2n) is 1.39. The molecule has 0 aliphatic carbocycles. The smallest absolute Gasteiger partial charge is 0.00542 e. The molecule has 0 aromatic carbocycles. The van der Waals surface area contributed by atoms with Crippen LogP contribution in [0.3, 0.4) is 0 Å². The van der Waals surface area contributed by atoms with Crippen molar-refractivity contribution < 1.29 is 0 Å². The molecule has 0 radical (unpaired) electrons. The molecule has 8 heavy (non-hydrogen) atoms. The van der Waals surface area contributed by atoms with Gasteiger partial charge in [0.2, 0.25) is 0 Å². The first-order chi connectivity index (χ1) is 3.81. The Morgan fingerprint density at radius 2 is 2.25 bits per heavy atom. The number of allylic oxidation sites excluding steroid dienone is 1. The van der Waals surface area contributed by atoms with Crippen molar-refractivity contribution in [1.29, 1.82) is 0 Å². The highest BCUT2D eigenvalue weighted by molar-refractivity contribution is 8.05. The highest BCUT2D eigenvalue weighted by Crippen LogP contribution is 2.14. The zero-order chi connectivity index (χ0) is 6.41. The van der Waals surface area contributed by atoms with Gasteiger partial charge in [-0.3, -0.25) is 0 Å². The van der Waals surface area contributed by atoms with E-state index >= 15 is 0 Å². The Hall–Kier alpha value is 0.440. The number of rotatable bonds is 3. The summed E-state index contributed by atoms with van der Waals surface area (Å²) in [6.45, 7) is 4.29. The number of hydrogen-bond donors (Lipinski definition) is 0. The second-order valence-corrected chi connectivity index (χ2v) is 3.59. The summed E-state index contributed by atoms with van der Waals surface area (Å²) < 4.78 is 0. The molecule has 0 aromatic heterocycles.